The quantitative estimate of drug-likeness (QED) is 0.887. The predicted molar refractivity (Wildman–Crippen MR) is 71.5 cm³/mol. The SMILES string of the molecule is CCOC(=O)C(N)c1cn(C)c2cccc(C(F)(F)F)c12. The summed E-state index contributed by atoms with van der Waals surface area (Å²) >= 11 is 0. The van der Waals surface area contributed by atoms with E-state index in [0.29, 0.717) is 5.52 Å². The van der Waals surface area contributed by atoms with Crippen LogP contribution >= 0.6 is 0 Å². The van der Waals surface area contributed by atoms with E-state index in [0.717, 1.165) is 6.07 Å². The van der Waals surface area contributed by atoms with Crippen molar-refractivity contribution < 1.29 is 22.7 Å². The lowest BCUT2D eigenvalue weighted by Gasteiger charge is -2.13. The van der Waals surface area contributed by atoms with Crippen molar-refractivity contribution in [3.8, 4) is 0 Å². The van der Waals surface area contributed by atoms with Gasteiger partial charge in [0.05, 0.1) is 12.2 Å². The van der Waals surface area contributed by atoms with Crippen molar-refractivity contribution in [1.82, 2.24) is 4.57 Å². The van der Waals surface area contributed by atoms with Gasteiger partial charge in [-0.25, -0.2) is 4.79 Å². The van der Waals surface area contributed by atoms with Crippen LogP contribution in [0, 0.1) is 0 Å². The summed E-state index contributed by atoms with van der Waals surface area (Å²) < 4.78 is 45.8. The van der Waals surface area contributed by atoms with Gasteiger partial charge in [-0.3, -0.25) is 0 Å². The average Bonchev–Trinajstić information content (AvgIpc) is 2.74. The standard InChI is InChI=1S/C14H15F3N2O2/c1-3-21-13(20)12(18)8-7-19(2)10-6-4-5-9(11(8)10)14(15,16)17/h4-7,12H,3,18H2,1-2H3. The molecule has 4 nitrogen and oxygen atoms in total. The lowest BCUT2D eigenvalue weighted by Crippen LogP contribution is -2.24. The van der Waals surface area contributed by atoms with Gasteiger partial charge in [0.2, 0.25) is 0 Å². The van der Waals surface area contributed by atoms with E-state index in [-0.39, 0.29) is 17.6 Å². The Bertz CT molecular complexity index is 677. The van der Waals surface area contributed by atoms with E-state index < -0.39 is 23.8 Å². The van der Waals surface area contributed by atoms with Gasteiger partial charge < -0.3 is 15.0 Å². The normalized spacial score (nSPS) is 13.4. The number of aryl methyl sites for hydroxylation is 1. The van der Waals surface area contributed by atoms with Crippen LogP contribution in [-0.4, -0.2) is 17.1 Å². The zero-order valence-electron chi connectivity index (χ0n) is 11.6. The number of rotatable bonds is 3. The molecule has 0 saturated carbocycles. The number of carbonyl (C=O) groups excluding carboxylic acids is 1. The molecule has 21 heavy (non-hydrogen) atoms. The molecule has 0 bridgehead atoms. The lowest BCUT2D eigenvalue weighted by atomic mass is 10.0. The van der Waals surface area contributed by atoms with Gasteiger partial charge in [0.1, 0.15) is 6.04 Å². The highest BCUT2D eigenvalue weighted by Gasteiger charge is 2.35. The zero-order chi connectivity index (χ0) is 15.8. The Morgan fingerprint density at radius 1 is 1.43 bits per heavy atom. The largest absolute Gasteiger partial charge is 0.465 e. The molecule has 0 aliphatic heterocycles. The topological polar surface area (TPSA) is 57.2 Å². The molecule has 0 spiro atoms. The first kappa shape index (κ1) is 15.4. The van der Waals surface area contributed by atoms with Gasteiger partial charge in [0.15, 0.2) is 0 Å². The van der Waals surface area contributed by atoms with Crippen LogP contribution in [0.5, 0.6) is 0 Å². The fourth-order valence-electron chi connectivity index (χ4n) is 2.31. The monoisotopic (exact) mass is 300 g/mol. The third-order valence-corrected chi connectivity index (χ3v) is 3.22. The van der Waals surface area contributed by atoms with Gasteiger partial charge >= 0.3 is 12.1 Å². The molecular formula is C14H15F3N2O2. The van der Waals surface area contributed by atoms with Gasteiger partial charge in [-0.15, -0.1) is 0 Å². The fourth-order valence-corrected chi connectivity index (χ4v) is 2.31. The number of fused-ring (bicyclic) bond motifs is 1. The Morgan fingerprint density at radius 2 is 2.10 bits per heavy atom. The second kappa shape index (κ2) is 5.40. The highest BCUT2D eigenvalue weighted by atomic mass is 19.4. The number of alkyl halides is 3. The van der Waals surface area contributed by atoms with E-state index in [1.807, 2.05) is 0 Å². The summed E-state index contributed by atoms with van der Waals surface area (Å²) in [6, 6.07) is 2.60. The van der Waals surface area contributed by atoms with E-state index in [1.165, 1.54) is 16.8 Å². The smallest absolute Gasteiger partial charge is 0.417 e. The van der Waals surface area contributed by atoms with E-state index in [4.69, 9.17) is 10.5 Å². The predicted octanol–water partition coefficient (Wildman–Crippen LogP) is 2.76. The van der Waals surface area contributed by atoms with Crippen LogP contribution in [0.2, 0.25) is 0 Å². The van der Waals surface area contributed by atoms with Crippen molar-refractivity contribution in [2.24, 2.45) is 12.8 Å². The molecule has 114 valence electrons. The third kappa shape index (κ3) is 2.73. The molecule has 7 heteroatoms. The highest BCUT2D eigenvalue weighted by molar-refractivity contribution is 5.92. The number of hydrogen-bond acceptors (Lipinski definition) is 3. The molecular weight excluding hydrogens is 285 g/mol. The van der Waals surface area contributed by atoms with Crippen LogP contribution in [0.4, 0.5) is 13.2 Å². The van der Waals surface area contributed by atoms with Gasteiger partial charge in [0, 0.05) is 29.7 Å². The van der Waals surface area contributed by atoms with E-state index in [1.54, 1.807) is 20.0 Å². The zero-order valence-corrected chi connectivity index (χ0v) is 11.6. The number of hydrogen-bond donors (Lipinski definition) is 1. The number of carbonyl (C=O) groups is 1. The fraction of sp³-hybridized carbons (Fsp3) is 0.357. The molecule has 1 aromatic heterocycles. The summed E-state index contributed by atoms with van der Waals surface area (Å²) in [5.41, 5.74) is 5.42. The summed E-state index contributed by atoms with van der Waals surface area (Å²) in [4.78, 5) is 11.7. The molecule has 1 heterocycles. The number of aromatic nitrogens is 1. The van der Waals surface area contributed by atoms with Crippen LogP contribution in [0.1, 0.15) is 24.1 Å². The third-order valence-electron chi connectivity index (χ3n) is 3.22. The molecule has 0 saturated heterocycles. The molecule has 0 amide bonds. The maximum Gasteiger partial charge on any atom is 0.417 e. The van der Waals surface area contributed by atoms with Crippen LogP contribution in [0.15, 0.2) is 24.4 Å². The van der Waals surface area contributed by atoms with E-state index in [9.17, 15) is 18.0 Å². The first-order chi connectivity index (χ1) is 9.77. The number of benzene rings is 1. The van der Waals surface area contributed by atoms with Crippen LogP contribution in [0.3, 0.4) is 0 Å². The van der Waals surface area contributed by atoms with E-state index in [2.05, 4.69) is 0 Å². The minimum atomic E-state index is -4.52. The number of nitrogens with two attached hydrogens (primary N) is 1. The second-order valence-electron chi connectivity index (χ2n) is 4.62. The Labute approximate surface area is 119 Å². The highest BCUT2D eigenvalue weighted by Crippen LogP contribution is 2.38. The van der Waals surface area contributed by atoms with Gasteiger partial charge in [-0.1, -0.05) is 6.07 Å². The second-order valence-corrected chi connectivity index (χ2v) is 4.62. The Morgan fingerprint density at radius 3 is 2.67 bits per heavy atom. The first-order valence-corrected chi connectivity index (χ1v) is 6.34. The molecule has 0 radical (unpaired) electrons. The average molecular weight is 300 g/mol. The van der Waals surface area contributed by atoms with Crippen molar-refractivity contribution >= 4 is 16.9 Å². The molecule has 1 aromatic carbocycles. The minimum absolute atomic E-state index is 0.0620. The molecule has 0 fully saturated rings. The summed E-state index contributed by atoms with van der Waals surface area (Å²) in [6.45, 7) is 1.72. The summed E-state index contributed by atoms with van der Waals surface area (Å²) in [5, 5.41) is -0.0620. The Kier molecular flexibility index (Phi) is 3.95. The van der Waals surface area contributed by atoms with Gasteiger partial charge in [-0.05, 0) is 19.1 Å². The van der Waals surface area contributed by atoms with Crippen molar-refractivity contribution in [3.63, 3.8) is 0 Å². The summed E-state index contributed by atoms with van der Waals surface area (Å²) in [7, 11) is 1.60. The number of esters is 1. The number of nitrogens with zero attached hydrogens (tertiary/aromatic N) is 1. The Balaban J connectivity index is 2.67. The number of halogens is 3. The minimum Gasteiger partial charge on any atom is -0.465 e. The number of ether oxygens (including phenoxy) is 1. The van der Waals surface area contributed by atoms with Crippen molar-refractivity contribution in [2.45, 2.75) is 19.1 Å². The van der Waals surface area contributed by atoms with Crippen molar-refractivity contribution in [1.29, 1.82) is 0 Å². The Hall–Kier alpha value is -2.02. The maximum atomic E-state index is 13.2. The van der Waals surface area contributed by atoms with Gasteiger partial charge in [0.25, 0.3) is 0 Å². The lowest BCUT2D eigenvalue weighted by molar-refractivity contribution is -0.145. The molecule has 2 aromatic rings. The molecule has 0 aliphatic rings. The summed E-state index contributed by atoms with van der Waals surface area (Å²) in [6.07, 6.45) is -3.09. The molecule has 1 atom stereocenters. The molecule has 2 rings (SSSR count). The first-order valence-electron chi connectivity index (χ1n) is 6.34. The molecule has 2 N–H and O–H groups in total. The molecule has 0 aliphatic carbocycles. The van der Waals surface area contributed by atoms with E-state index >= 15 is 0 Å². The van der Waals surface area contributed by atoms with Crippen molar-refractivity contribution in [2.75, 3.05) is 6.61 Å². The summed E-state index contributed by atoms with van der Waals surface area (Å²) in [5.74, 6) is -0.748. The van der Waals surface area contributed by atoms with Crippen LogP contribution < -0.4 is 5.73 Å². The maximum absolute atomic E-state index is 13.2. The van der Waals surface area contributed by atoms with Crippen LogP contribution in [0.25, 0.3) is 10.9 Å². The van der Waals surface area contributed by atoms with Gasteiger partial charge in [-0.2, -0.15) is 13.2 Å². The molecule has 1 unspecified atom stereocenters. The van der Waals surface area contributed by atoms with Crippen molar-refractivity contribution in [3.05, 3.63) is 35.5 Å². The van der Waals surface area contributed by atoms with Crippen LogP contribution in [-0.2, 0) is 22.8 Å².